The maximum Gasteiger partial charge on any atom is 0.355 e. The fourth-order valence-electron chi connectivity index (χ4n) is 18.9. The van der Waals surface area contributed by atoms with Gasteiger partial charge in [0.05, 0.1) is 72.4 Å². The molecular weight excluding hydrogens is 1640 g/mol. The van der Waals surface area contributed by atoms with E-state index in [-0.39, 0.29) is 151 Å². The molecule has 9 aromatic heterocycles. The van der Waals surface area contributed by atoms with Crippen molar-refractivity contribution in [2.75, 3.05) is 54.0 Å². The van der Waals surface area contributed by atoms with Crippen LogP contribution in [-0.2, 0) is 19.8 Å². The first-order valence-electron chi connectivity index (χ1n) is 43.6. The Morgan fingerprint density at radius 3 is 1.27 bits per heavy atom. The number of fused-ring (bicyclic) bond motifs is 4. The minimum Gasteiger partial charge on any atom is -0.349 e. The second kappa shape index (κ2) is 36.6. The van der Waals surface area contributed by atoms with Gasteiger partial charge in [-0.2, -0.15) is 15.0 Å². The summed E-state index contributed by atoms with van der Waals surface area (Å²) in [5, 5.41) is 1.92. The number of aromatic nitrogens is 14. The van der Waals surface area contributed by atoms with Gasteiger partial charge in [-0.05, 0) is 176 Å². The van der Waals surface area contributed by atoms with E-state index in [1.165, 1.54) is 108 Å². The summed E-state index contributed by atoms with van der Waals surface area (Å²) in [6.07, 6.45) is 14.4. The Morgan fingerprint density at radius 2 is 0.850 bits per heavy atom. The summed E-state index contributed by atoms with van der Waals surface area (Å²) in [6.45, 7) is 46.8. The van der Waals surface area contributed by atoms with Crippen LogP contribution in [0.2, 0.25) is 5.02 Å². The quantitative estimate of drug-likeness (QED) is 0.0605. The first-order valence-corrected chi connectivity index (χ1v) is 44.0. The molecule has 0 spiro atoms. The first kappa shape index (κ1) is 90.9. The van der Waals surface area contributed by atoms with Crippen molar-refractivity contribution in [1.29, 1.82) is 0 Å². The SMILES string of the molecule is C=CC(=O)N1CC(C)N(c2nc(=O)n(-c3c(C(C)C)ncnc3C(C)C)c3nc(-c4ccccc4F)c(F)cc23)CC1C.C=CC(=O)N1CC(C)N(c2nc(=O)n(-c3c(C)ccnc3C(C)C)c3nc(C45CCCCC4C5)c(Cl)cc23)CC1C.C=CC(=O)N1C[C@@H](C)N(c2nc(=O)n(-c3c(C(C)C)ncnc3C(C)C)c3nc(-c4ccccc4F)c(F)cc23)[C@@H](C)C1. The molecule has 3 amide bonds. The summed E-state index contributed by atoms with van der Waals surface area (Å²) >= 11 is 7.09. The lowest BCUT2D eigenvalue weighted by Crippen LogP contribution is -2.58. The number of carbonyl (C=O) groups is 3. The van der Waals surface area contributed by atoms with Gasteiger partial charge in [-0.1, -0.05) is 138 Å². The highest BCUT2D eigenvalue weighted by Gasteiger charge is 2.58. The van der Waals surface area contributed by atoms with E-state index in [4.69, 9.17) is 21.6 Å². The van der Waals surface area contributed by atoms with Gasteiger partial charge in [0.15, 0.2) is 16.9 Å². The number of hydrogen-bond acceptors (Lipinski definition) is 20. The molecule has 2 aromatic carbocycles. The molecule has 664 valence electrons. The molecule has 127 heavy (non-hydrogen) atoms. The van der Waals surface area contributed by atoms with Gasteiger partial charge < -0.3 is 29.4 Å². The Bertz CT molecular complexity index is 6330. The largest absolute Gasteiger partial charge is 0.355 e. The van der Waals surface area contributed by atoms with Crippen molar-refractivity contribution in [1.82, 2.24) is 83.2 Å². The fourth-order valence-corrected chi connectivity index (χ4v) is 19.2. The summed E-state index contributed by atoms with van der Waals surface area (Å²) in [4.78, 5) is 142. The number of nitrogens with zero attached hydrogens (tertiary/aromatic N) is 20. The van der Waals surface area contributed by atoms with Gasteiger partial charge in [-0.25, -0.2) is 80.5 Å². The molecule has 26 nitrogen and oxygen atoms in total. The number of rotatable bonds is 17. The smallest absolute Gasteiger partial charge is 0.349 e. The van der Waals surface area contributed by atoms with Crippen molar-refractivity contribution in [2.45, 2.75) is 221 Å². The number of benzene rings is 2. The van der Waals surface area contributed by atoms with Gasteiger partial charge in [-0.3, -0.25) is 19.4 Å². The minimum absolute atomic E-state index is 0.00280. The van der Waals surface area contributed by atoms with Crippen LogP contribution in [0.4, 0.5) is 35.0 Å². The van der Waals surface area contributed by atoms with Crippen molar-refractivity contribution in [3.05, 3.63) is 229 Å². The third-order valence-corrected chi connectivity index (χ3v) is 25.5. The maximum atomic E-state index is 15.9. The van der Waals surface area contributed by atoms with Crippen LogP contribution in [0.1, 0.15) is 212 Å². The van der Waals surface area contributed by atoms with E-state index in [2.05, 4.69) is 90.3 Å². The summed E-state index contributed by atoms with van der Waals surface area (Å²) in [5.74, 6) is -1.94. The highest BCUT2D eigenvalue weighted by atomic mass is 35.5. The monoisotopic (exact) mass is 1750 g/mol. The van der Waals surface area contributed by atoms with Gasteiger partial charge >= 0.3 is 17.1 Å². The third-order valence-electron chi connectivity index (χ3n) is 25.2. The van der Waals surface area contributed by atoms with E-state index >= 15 is 8.78 Å². The zero-order valence-corrected chi connectivity index (χ0v) is 75.8. The van der Waals surface area contributed by atoms with Crippen LogP contribution in [0, 0.1) is 36.1 Å². The average molecular weight is 1750 g/mol. The molecule has 12 heterocycles. The number of hydrogen-bond donors (Lipinski definition) is 0. The minimum atomic E-state index is -0.760. The van der Waals surface area contributed by atoms with Gasteiger partial charge in [-0.15, -0.1) is 0 Å². The lowest BCUT2D eigenvalue weighted by atomic mass is 9.85. The standard InChI is InChI=1S/C32H39ClN6O2.2C32H35F2N7O2/c1-7-25(40)37-16-21(6)38(17-20(37)5)29-23-14-24(33)28(32-12-9-8-10-22(32)15-32)35-30(23)39(31(41)36-29)27-19(4)11-13-34-26(27)18(2)3;1-8-25(42)39-14-20(7)40(15-19(39)6)30-22-13-24(34)28(21-11-9-10-12-23(21)33)37-31(22)41(32(43)38-30)29-26(17(2)3)35-16-36-27(29)18(4)5;1-8-25(42)39-14-19(6)40(20(7)15-39)31-22-13-24(34)28(21-11-9-10-12-23(21)33)37-30(22)41(32(43)38-31)29-26(17(2)3)35-16-36-27(29)18(4)5/h7,11,13-14,18,20-22H,1,8-10,12,15-17H2,2-6H3;2*8-13,16-20H,1,14-15H2,2-7H3/t;;19-,20+. The van der Waals surface area contributed by atoms with E-state index in [1.807, 2.05) is 124 Å². The summed E-state index contributed by atoms with van der Waals surface area (Å²) < 4.78 is 66.1. The van der Waals surface area contributed by atoms with Crippen LogP contribution in [-0.4, -0.2) is 176 Å². The Kier molecular flexibility index (Phi) is 26.2. The Hall–Kier alpha value is -12.3. The number of amides is 3. The molecule has 3 saturated heterocycles. The molecular formula is C96H109ClF4N20O6. The predicted octanol–water partition coefficient (Wildman–Crippen LogP) is 16.5. The van der Waals surface area contributed by atoms with Crippen molar-refractivity contribution in [2.24, 2.45) is 5.92 Å². The molecule has 11 aromatic rings. The van der Waals surface area contributed by atoms with Gasteiger partial charge in [0.2, 0.25) is 17.7 Å². The normalized spacial score (nSPS) is 20.0. The number of anilines is 3. The zero-order chi connectivity index (χ0) is 91.5. The van der Waals surface area contributed by atoms with Crippen LogP contribution in [0.15, 0.2) is 144 Å². The molecule has 8 atom stereocenters. The Morgan fingerprint density at radius 1 is 0.457 bits per heavy atom. The number of halogens is 5. The second-order valence-corrected chi connectivity index (χ2v) is 36.2. The molecule has 2 aliphatic carbocycles. The highest BCUT2D eigenvalue weighted by molar-refractivity contribution is 6.32. The third kappa shape index (κ3) is 17.0. The molecule has 16 rings (SSSR count). The first-order chi connectivity index (χ1) is 60.4. The predicted molar refractivity (Wildman–Crippen MR) is 488 cm³/mol. The topological polar surface area (TPSA) is 278 Å². The van der Waals surface area contributed by atoms with Crippen molar-refractivity contribution >= 4 is 79.9 Å². The van der Waals surface area contributed by atoms with Gasteiger partial charge in [0.1, 0.15) is 64.8 Å². The molecule has 31 heteroatoms. The number of pyridine rings is 4. The average Bonchev–Trinajstić information content (AvgIpc) is 1.59. The lowest BCUT2D eigenvalue weighted by Gasteiger charge is -2.45. The fraction of sp³-hybridized carbons (Fsp3) is 0.427. The van der Waals surface area contributed by atoms with Crippen molar-refractivity contribution in [3.63, 3.8) is 0 Å². The highest BCUT2D eigenvalue weighted by Crippen LogP contribution is 2.63. The molecule has 0 bridgehead atoms. The van der Waals surface area contributed by atoms with Gasteiger partial charge in [0, 0.05) is 98.3 Å². The lowest BCUT2D eigenvalue weighted by molar-refractivity contribution is -0.129. The second-order valence-electron chi connectivity index (χ2n) is 35.8. The molecule has 5 aliphatic rings. The van der Waals surface area contributed by atoms with Crippen LogP contribution < -0.4 is 31.8 Å². The molecule has 2 saturated carbocycles. The summed E-state index contributed by atoms with van der Waals surface area (Å²) in [7, 11) is 0. The Labute approximate surface area is 740 Å². The Balaban J connectivity index is 0.000000154. The van der Waals surface area contributed by atoms with Crippen molar-refractivity contribution < 1.29 is 31.9 Å². The van der Waals surface area contributed by atoms with Crippen LogP contribution in [0.5, 0.6) is 0 Å². The van der Waals surface area contributed by atoms with E-state index in [1.54, 1.807) is 32.7 Å². The molecule has 3 aliphatic heterocycles. The molecule has 6 unspecified atom stereocenters. The van der Waals surface area contributed by atoms with E-state index in [0.29, 0.717) is 95.8 Å². The van der Waals surface area contributed by atoms with E-state index in [0.717, 1.165) is 40.9 Å². The number of piperazine rings is 3. The molecule has 0 N–H and O–H groups in total. The van der Waals surface area contributed by atoms with Crippen LogP contribution in [0.25, 0.3) is 72.7 Å². The summed E-state index contributed by atoms with van der Waals surface area (Å²) in [6, 6.07) is 16.8. The number of aryl methyl sites for hydroxylation is 1. The molecule has 5 fully saturated rings. The van der Waals surface area contributed by atoms with Crippen LogP contribution >= 0.6 is 11.6 Å². The van der Waals surface area contributed by atoms with E-state index < -0.39 is 34.6 Å². The van der Waals surface area contributed by atoms with Crippen molar-refractivity contribution in [3.8, 4) is 39.6 Å². The van der Waals surface area contributed by atoms with E-state index in [9.17, 15) is 37.5 Å². The van der Waals surface area contributed by atoms with Crippen LogP contribution in [0.3, 0.4) is 0 Å². The number of carbonyl (C=O) groups excluding carboxylic acids is 3. The molecule has 0 radical (unpaired) electrons. The zero-order valence-electron chi connectivity index (χ0n) is 75.0. The summed E-state index contributed by atoms with van der Waals surface area (Å²) in [5.41, 5.74) is 5.31. The maximum absolute atomic E-state index is 15.9. The van der Waals surface area contributed by atoms with Gasteiger partial charge in [0.25, 0.3) is 0 Å².